The molecule has 1 heterocycles. The Morgan fingerprint density at radius 2 is 2.35 bits per heavy atom. The smallest absolute Gasteiger partial charge is 0.257 e. The molecule has 1 rings (SSSR count). The Balaban J connectivity index is 2.90. The molecule has 1 unspecified atom stereocenters. The summed E-state index contributed by atoms with van der Waals surface area (Å²) >= 11 is 0. The lowest BCUT2D eigenvalue weighted by Gasteiger charge is -2.23. The number of likely N-dealkylation sites (N-methyl/N-ethyl adjacent to an activating group) is 1. The first-order valence-electron chi connectivity index (χ1n) is 5.33. The average molecular weight is 239 g/mol. The molecule has 0 saturated carbocycles. The van der Waals surface area contributed by atoms with Crippen LogP contribution in [-0.4, -0.2) is 34.9 Å². The van der Waals surface area contributed by atoms with Crippen LogP contribution < -0.4 is 5.73 Å². The maximum Gasteiger partial charge on any atom is 0.257 e. The highest BCUT2D eigenvalue weighted by Crippen LogP contribution is 2.14. The number of hydrogen-bond acceptors (Lipinski definition) is 4. The predicted molar refractivity (Wildman–Crippen MR) is 63.1 cm³/mol. The summed E-state index contributed by atoms with van der Waals surface area (Å²) in [6.07, 6.45) is 2.12. The SMILES string of the molecule is CCc1occc1C(=O)N(C)C(C)/C(N)=N/O. The van der Waals surface area contributed by atoms with Gasteiger partial charge in [-0.25, -0.2) is 0 Å². The molecule has 94 valence electrons. The minimum absolute atomic E-state index is 0.0117. The van der Waals surface area contributed by atoms with E-state index in [1.807, 2.05) is 6.92 Å². The molecule has 0 aliphatic rings. The van der Waals surface area contributed by atoms with Gasteiger partial charge >= 0.3 is 0 Å². The molecule has 0 bridgehead atoms. The summed E-state index contributed by atoms with van der Waals surface area (Å²) in [4.78, 5) is 13.5. The van der Waals surface area contributed by atoms with Crippen molar-refractivity contribution in [3.8, 4) is 0 Å². The van der Waals surface area contributed by atoms with Crippen LogP contribution in [0.15, 0.2) is 21.9 Å². The van der Waals surface area contributed by atoms with Crippen LogP contribution in [0.4, 0.5) is 0 Å². The van der Waals surface area contributed by atoms with Gasteiger partial charge in [0.2, 0.25) is 0 Å². The maximum absolute atomic E-state index is 12.1. The van der Waals surface area contributed by atoms with Gasteiger partial charge < -0.3 is 20.3 Å². The molecular formula is C11H17N3O3. The van der Waals surface area contributed by atoms with Crippen LogP contribution >= 0.6 is 0 Å². The zero-order chi connectivity index (χ0) is 13.0. The minimum Gasteiger partial charge on any atom is -0.469 e. The topological polar surface area (TPSA) is 92.1 Å². The van der Waals surface area contributed by atoms with Gasteiger partial charge in [0.15, 0.2) is 5.84 Å². The fourth-order valence-electron chi connectivity index (χ4n) is 1.45. The van der Waals surface area contributed by atoms with Crippen LogP contribution in [-0.2, 0) is 6.42 Å². The lowest BCUT2D eigenvalue weighted by Crippen LogP contribution is -2.43. The summed E-state index contributed by atoms with van der Waals surface area (Å²) in [7, 11) is 1.59. The number of rotatable bonds is 4. The van der Waals surface area contributed by atoms with Crippen molar-refractivity contribution in [2.75, 3.05) is 7.05 Å². The van der Waals surface area contributed by atoms with E-state index in [-0.39, 0.29) is 11.7 Å². The summed E-state index contributed by atoms with van der Waals surface area (Å²) in [5, 5.41) is 11.5. The first-order valence-corrected chi connectivity index (χ1v) is 5.33. The van der Waals surface area contributed by atoms with Crippen molar-refractivity contribution >= 4 is 11.7 Å². The monoisotopic (exact) mass is 239 g/mol. The van der Waals surface area contributed by atoms with Crippen molar-refractivity contribution in [3.05, 3.63) is 23.7 Å². The standard InChI is InChI=1S/C11H17N3O3/c1-4-9-8(5-6-17-9)11(15)14(3)7(2)10(12)13-16/h5-7,16H,4H2,1-3H3,(H2,12,13). The Hall–Kier alpha value is -1.98. The van der Waals surface area contributed by atoms with Gasteiger partial charge in [-0.1, -0.05) is 12.1 Å². The predicted octanol–water partition coefficient (Wildman–Crippen LogP) is 1.05. The Kier molecular flexibility index (Phi) is 4.14. The molecule has 0 spiro atoms. The zero-order valence-corrected chi connectivity index (χ0v) is 10.2. The van der Waals surface area contributed by atoms with Crippen molar-refractivity contribution < 1.29 is 14.4 Å². The highest BCUT2D eigenvalue weighted by atomic mass is 16.4. The first-order chi connectivity index (χ1) is 8.02. The number of carbonyl (C=O) groups is 1. The number of furan rings is 1. The molecule has 17 heavy (non-hydrogen) atoms. The van der Waals surface area contributed by atoms with E-state index in [1.165, 1.54) is 11.2 Å². The molecule has 1 amide bonds. The van der Waals surface area contributed by atoms with Crippen LogP contribution in [0.5, 0.6) is 0 Å². The molecule has 0 radical (unpaired) electrons. The summed E-state index contributed by atoms with van der Waals surface area (Å²) in [5.74, 6) is 0.408. The van der Waals surface area contributed by atoms with Gasteiger partial charge in [0.1, 0.15) is 5.76 Å². The number of carbonyl (C=O) groups excluding carboxylic acids is 1. The Morgan fingerprint density at radius 1 is 1.71 bits per heavy atom. The lowest BCUT2D eigenvalue weighted by atomic mass is 10.1. The maximum atomic E-state index is 12.1. The van der Waals surface area contributed by atoms with Crippen molar-refractivity contribution in [2.45, 2.75) is 26.3 Å². The molecule has 3 N–H and O–H groups in total. The van der Waals surface area contributed by atoms with Gasteiger partial charge in [-0.05, 0) is 13.0 Å². The van der Waals surface area contributed by atoms with E-state index >= 15 is 0 Å². The van der Waals surface area contributed by atoms with Crippen molar-refractivity contribution in [1.82, 2.24) is 4.90 Å². The number of amides is 1. The quantitative estimate of drug-likeness (QED) is 0.355. The van der Waals surface area contributed by atoms with Crippen LogP contribution in [0.3, 0.4) is 0 Å². The second kappa shape index (κ2) is 5.38. The number of nitrogens with two attached hydrogens (primary N) is 1. The Bertz CT molecular complexity index is 425. The molecule has 0 aromatic carbocycles. The first kappa shape index (κ1) is 13.1. The second-order valence-electron chi connectivity index (χ2n) is 3.73. The van der Waals surface area contributed by atoms with E-state index in [2.05, 4.69) is 5.16 Å². The van der Waals surface area contributed by atoms with Gasteiger partial charge in [0, 0.05) is 13.5 Å². The zero-order valence-electron chi connectivity index (χ0n) is 10.2. The minimum atomic E-state index is -0.480. The van der Waals surface area contributed by atoms with Crippen LogP contribution in [0.1, 0.15) is 30.0 Å². The molecule has 0 fully saturated rings. The third kappa shape index (κ3) is 2.58. The third-order valence-corrected chi connectivity index (χ3v) is 2.74. The summed E-state index contributed by atoms with van der Waals surface area (Å²) in [6.45, 7) is 3.58. The normalized spacial score (nSPS) is 13.5. The molecule has 1 aromatic rings. The number of amidine groups is 1. The van der Waals surface area contributed by atoms with E-state index in [1.54, 1.807) is 20.0 Å². The highest BCUT2D eigenvalue weighted by molar-refractivity contribution is 5.98. The molecule has 6 nitrogen and oxygen atoms in total. The fraction of sp³-hybridized carbons (Fsp3) is 0.455. The molecule has 0 aliphatic heterocycles. The number of aryl methyl sites for hydroxylation is 1. The van der Waals surface area contributed by atoms with Gasteiger partial charge in [-0.15, -0.1) is 0 Å². The van der Waals surface area contributed by atoms with Gasteiger partial charge in [0.05, 0.1) is 17.9 Å². The van der Waals surface area contributed by atoms with Gasteiger partial charge in [0.25, 0.3) is 5.91 Å². The van der Waals surface area contributed by atoms with E-state index in [0.29, 0.717) is 17.7 Å². The van der Waals surface area contributed by atoms with Crippen molar-refractivity contribution in [3.63, 3.8) is 0 Å². The number of nitrogens with zero attached hydrogens (tertiary/aromatic N) is 2. The fourth-order valence-corrected chi connectivity index (χ4v) is 1.45. The number of hydrogen-bond donors (Lipinski definition) is 2. The third-order valence-electron chi connectivity index (χ3n) is 2.74. The van der Waals surface area contributed by atoms with E-state index in [0.717, 1.165) is 0 Å². The molecule has 6 heteroatoms. The van der Waals surface area contributed by atoms with Crippen molar-refractivity contribution in [2.24, 2.45) is 10.9 Å². The second-order valence-corrected chi connectivity index (χ2v) is 3.73. The van der Waals surface area contributed by atoms with Crippen molar-refractivity contribution in [1.29, 1.82) is 0 Å². The van der Waals surface area contributed by atoms with Gasteiger partial charge in [-0.2, -0.15) is 0 Å². The lowest BCUT2D eigenvalue weighted by molar-refractivity contribution is 0.0774. The molecule has 0 saturated heterocycles. The Labute approximate surface area is 99.7 Å². The van der Waals surface area contributed by atoms with Crippen LogP contribution in [0, 0.1) is 0 Å². The van der Waals surface area contributed by atoms with E-state index in [4.69, 9.17) is 15.4 Å². The molecule has 1 atom stereocenters. The largest absolute Gasteiger partial charge is 0.469 e. The van der Waals surface area contributed by atoms with E-state index in [9.17, 15) is 4.79 Å². The average Bonchev–Trinajstić information content (AvgIpc) is 2.83. The highest BCUT2D eigenvalue weighted by Gasteiger charge is 2.23. The molecule has 0 aliphatic carbocycles. The summed E-state index contributed by atoms with van der Waals surface area (Å²) in [5.41, 5.74) is 5.97. The number of oxime groups is 1. The Morgan fingerprint density at radius 3 is 2.88 bits per heavy atom. The molecule has 1 aromatic heterocycles. The van der Waals surface area contributed by atoms with Gasteiger partial charge in [-0.3, -0.25) is 4.79 Å². The van der Waals surface area contributed by atoms with E-state index < -0.39 is 6.04 Å². The van der Waals surface area contributed by atoms with Crippen LogP contribution in [0.25, 0.3) is 0 Å². The molecular weight excluding hydrogens is 222 g/mol. The summed E-state index contributed by atoms with van der Waals surface area (Å²) < 4.78 is 5.19. The van der Waals surface area contributed by atoms with Crippen LogP contribution in [0.2, 0.25) is 0 Å². The summed E-state index contributed by atoms with van der Waals surface area (Å²) in [6, 6.07) is 1.14.